The fourth-order valence-corrected chi connectivity index (χ4v) is 4.27. The van der Waals surface area contributed by atoms with Crippen LogP contribution in [-0.4, -0.2) is 18.0 Å². The Morgan fingerprint density at radius 1 is 1.16 bits per heavy atom. The van der Waals surface area contributed by atoms with Gasteiger partial charge in [-0.25, -0.2) is 0 Å². The van der Waals surface area contributed by atoms with Crippen molar-refractivity contribution in [1.82, 2.24) is 4.90 Å². The molecule has 1 aliphatic heterocycles. The van der Waals surface area contributed by atoms with E-state index in [4.69, 9.17) is 5.73 Å². The lowest BCUT2D eigenvalue weighted by Crippen LogP contribution is -2.41. The first kappa shape index (κ1) is 13.4. The Morgan fingerprint density at radius 3 is 2.74 bits per heavy atom. The summed E-state index contributed by atoms with van der Waals surface area (Å²) in [5, 5.41) is 0. The molecule has 1 aromatic carbocycles. The van der Waals surface area contributed by atoms with Gasteiger partial charge in [0.15, 0.2) is 0 Å². The van der Waals surface area contributed by atoms with E-state index in [1.165, 1.54) is 50.8 Å². The second kappa shape index (κ2) is 5.84. The lowest BCUT2D eigenvalue weighted by atomic mass is 9.75. The first-order valence-corrected chi connectivity index (χ1v) is 8.28. The first-order valence-electron chi connectivity index (χ1n) is 7.48. The van der Waals surface area contributed by atoms with Crippen molar-refractivity contribution < 1.29 is 0 Å². The molecule has 1 aliphatic carbocycles. The van der Waals surface area contributed by atoms with Crippen molar-refractivity contribution in [3.63, 3.8) is 0 Å². The molecule has 2 N–H and O–H groups in total. The number of nitrogens with zero attached hydrogens (tertiary/aromatic N) is 1. The molecule has 1 heterocycles. The lowest BCUT2D eigenvalue weighted by molar-refractivity contribution is 0.0819. The summed E-state index contributed by atoms with van der Waals surface area (Å²) in [7, 11) is 0. The van der Waals surface area contributed by atoms with Crippen LogP contribution >= 0.6 is 15.9 Å². The van der Waals surface area contributed by atoms with Crippen LogP contribution < -0.4 is 5.73 Å². The Hall–Kier alpha value is -0.540. The highest BCUT2D eigenvalue weighted by atomic mass is 79.9. The van der Waals surface area contributed by atoms with Gasteiger partial charge in [0.1, 0.15) is 0 Å². The van der Waals surface area contributed by atoms with E-state index in [1.54, 1.807) is 0 Å². The van der Waals surface area contributed by atoms with Crippen LogP contribution in [0.5, 0.6) is 0 Å². The zero-order valence-electron chi connectivity index (χ0n) is 11.4. The minimum absolute atomic E-state index is 0.835. The minimum atomic E-state index is 0.835. The molecule has 0 aromatic heterocycles. The van der Waals surface area contributed by atoms with Gasteiger partial charge < -0.3 is 5.73 Å². The third-order valence-electron chi connectivity index (χ3n) is 4.85. The molecule has 3 heteroatoms. The van der Waals surface area contributed by atoms with Crippen LogP contribution in [-0.2, 0) is 6.54 Å². The maximum atomic E-state index is 5.80. The Morgan fingerprint density at radius 2 is 1.95 bits per heavy atom. The summed E-state index contributed by atoms with van der Waals surface area (Å²) >= 11 is 3.64. The average Bonchev–Trinajstić information content (AvgIpc) is 2.42. The molecule has 0 amide bonds. The number of fused-ring (bicyclic) bond motifs is 1. The van der Waals surface area contributed by atoms with E-state index in [2.05, 4.69) is 26.9 Å². The van der Waals surface area contributed by atoms with Crippen molar-refractivity contribution in [1.29, 1.82) is 0 Å². The van der Waals surface area contributed by atoms with Crippen molar-refractivity contribution in [2.24, 2.45) is 11.8 Å². The first-order chi connectivity index (χ1) is 9.22. The molecular weight excluding hydrogens is 300 g/mol. The molecule has 2 aliphatic rings. The van der Waals surface area contributed by atoms with Crippen LogP contribution in [0.4, 0.5) is 5.69 Å². The largest absolute Gasteiger partial charge is 0.399 e. The number of rotatable bonds is 2. The highest BCUT2D eigenvalue weighted by Crippen LogP contribution is 2.36. The number of nitrogen functional groups attached to an aromatic ring is 1. The number of piperidine rings is 1. The van der Waals surface area contributed by atoms with Crippen LogP contribution in [0.25, 0.3) is 0 Å². The average molecular weight is 323 g/mol. The summed E-state index contributed by atoms with van der Waals surface area (Å²) < 4.78 is 1.15. The molecule has 2 unspecified atom stereocenters. The molecule has 1 saturated carbocycles. The molecule has 2 nitrogen and oxygen atoms in total. The van der Waals surface area contributed by atoms with Gasteiger partial charge in [-0.05, 0) is 48.9 Å². The molecule has 0 bridgehead atoms. The third-order valence-corrected chi connectivity index (χ3v) is 5.58. The summed E-state index contributed by atoms with van der Waals surface area (Å²) in [6.07, 6.45) is 7.23. The number of nitrogens with two attached hydrogens (primary N) is 1. The Bertz CT molecular complexity index is 446. The van der Waals surface area contributed by atoms with Crippen molar-refractivity contribution in [2.75, 3.05) is 18.8 Å². The van der Waals surface area contributed by atoms with E-state index in [0.29, 0.717) is 0 Å². The van der Waals surface area contributed by atoms with Gasteiger partial charge in [-0.2, -0.15) is 0 Å². The van der Waals surface area contributed by atoms with Crippen LogP contribution in [0, 0.1) is 11.8 Å². The zero-order valence-corrected chi connectivity index (χ0v) is 13.0. The predicted octanol–water partition coefficient (Wildman–Crippen LogP) is 4.04. The lowest BCUT2D eigenvalue weighted by Gasteiger charge is -2.41. The van der Waals surface area contributed by atoms with Crippen molar-refractivity contribution >= 4 is 21.6 Å². The summed E-state index contributed by atoms with van der Waals surface area (Å²) in [6, 6.07) is 6.18. The summed E-state index contributed by atoms with van der Waals surface area (Å²) in [5.41, 5.74) is 8.00. The standard InChI is InChI=1S/C16H23BrN2/c17-16-9-15(18)6-5-14(16)11-19-8-7-12-3-1-2-4-13(12)10-19/h5-6,9,12-13H,1-4,7-8,10-11,18H2. The number of hydrogen-bond donors (Lipinski definition) is 1. The van der Waals surface area contributed by atoms with Gasteiger partial charge in [0.05, 0.1) is 0 Å². The highest BCUT2D eigenvalue weighted by Gasteiger charge is 2.30. The topological polar surface area (TPSA) is 29.3 Å². The molecule has 0 radical (unpaired) electrons. The molecular formula is C16H23BrN2. The van der Waals surface area contributed by atoms with Gasteiger partial charge in [0, 0.05) is 23.2 Å². The quantitative estimate of drug-likeness (QED) is 0.832. The van der Waals surface area contributed by atoms with Crippen molar-refractivity contribution in [2.45, 2.75) is 38.6 Å². The fourth-order valence-electron chi connectivity index (χ4n) is 3.75. The molecule has 3 rings (SSSR count). The van der Waals surface area contributed by atoms with E-state index in [-0.39, 0.29) is 0 Å². The van der Waals surface area contributed by atoms with E-state index >= 15 is 0 Å². The van der Waals surface area contributed by atoms with Crippen LogP contribution in [0.3, 0.4) is 0 Å². The number of likely N-dealkylation sites (tertiary alicyclic amines) is 1. The molecule has 104 valence electrons. The van der Waals surface area contributed by atoms with E-state index in [1.807, 2.05) is 12.1 Å². The van der Waals surface area contributed by atoms with Gasteiger partial charge >= 0.3 is 0 Å². The number of hydrogen-bond acceptors (Lipinski definition) is 2. The maximum Gasteiger partial charge on any atom is 0.0325 e. The molecule has 2 fully saturated rings. The van der Waals surface area contributed by atoms with Gasteiger partial charge in [-0.15, -0.1) is 0 Å². The SMILES string of the molecule is Nc1ccc(CN2CCC3CCCCC3C2)c(Br)c1. The number of benzene rings is 1. The fraction of sp³-hybridized carbons (Fsp3) is 0.625. The van der Waals surface area contributed by atoms with Crippen LogP contribution in [0.1, 0.15) is 37.7 Å². The smallest absolute Gasteiger partial charge is 0.0325 e. The Kier molecular flexibility index (Phi) is 4.13. The Balaban J connectivity index is 1.64. The second-order valence-corrected chi connectivity index (χ2v) is 7.03. The molecule has 1 aromatic rings. The normalized spacial score (nSPS) is 28.1. The van der Waals surface area contributed by atoms with Gasteiger partial charge in [0.25, 0.3) is 0 Å². The molecule has 1 saturated heterocycles. The summed E-state index contributed by atoms with van der Waals surface area (Å²) in [5.74, 6) is 1.97. The minimum Gasteiger partial charge on any atom is -0.399 e. The van der Waals surface area contributed by atoms with E-state index in [9.17, 15) is 0 Å². The second-order valence-electron chi connectivity index (χ2n) is 6.18. The van der Waals surface area contributed by atoms with Gasteiger partial charge in [-0.1, -0.05) is 41.3 Å². The van der Waals surface area contributed by atoms with Gasteiger partial charge in [-0.3, -0.25) is 4.90 Å². The summed E-state index contributed by atoms with van der Waals surface area (Å²) in [4.78, 5) is 2.63. The maximum absolute atomic E-state index is 5.80. The summed E-state index contributed by atoms with van der Waals surface area (Å²) in [6.45, 7) is 3.61. The van der Waals surface area contributed by atoms with Crippen molar-refractivity contribution in [3.05, 3.63) is 28.2 Å². The van der Waals surface area contributed by atoms with E-state index in [0.717, 1.165) is 28.5 Å². The third kappa shape index (κ3) is 3.14. The molecule has 19 heavy (non-hydrogen) atoms. The Labute approximate surface area is 124 Å². The molecule has 0 spiro atoms. The van der Waals surface area contributed by atoms with Crippen LogP contribution in [0.15, 0.2) is 22.7 Å². The van der Waals surface area contributed by atoms with Crippen LogP contribution in [0.2, 0.25) is 0 Å². The monoisotopic (exact) mass is 322 g/mol. The van der Waals surface area contributed by atoms with E-state index < -0.39 is 0 Å². The molecule has 2 atom stereocenters. The van der Waals surface area contributed by atoms with Gasteiger partial charge in [0.2, 0.25) is 0 Å². The zero-order chi connectivity index (χ0) is 13.2. The predicted molar refractivity (Wildman–Crippen MR) is 83.9 cm³/mol. The van der Waals surface area contributed by atoms with Crippen molar-refractivity contribution in [3.8, 4) is 0 Å². The highest BCUT2D eigenvalue weighted by molar-refractivity contribution is 9.10. The number of halogens is 1. The number of anilines is 1.